The van der Waals surface area contributed by atoms with Gasteiger partial charge in [0.15, 0.2) is 5.82 Å². The molecule has 0 amide bonds. The molecule has 0 bridgehead atoms. The van der Waals surface area contributed by atoms with Gasteiger partial charge in [-0.3, -0.25) is 0 Å². The summed E-state index contributed by atoms with van der Waals surface area (Å²) in [6, 6.07) is 8.01. The van der Waals surface area contributed by atoms with E-state index in [1.807, 2.05) is 18.2 Å². The highest BCUT2D eigenvalue weighted by Gasteiger charge is 2.40. The molecule has 2 heterocycles. The van der Waals surface area contributed by atoms with Gasteiger partial charge in [-0.25, -0.2) is 4.68 Å². The van der Waals surface area contributed by atoms with Crippen LogP contribution < -0.4 is 0 Å². The fourth-order valence-corrected chi connectivity index (χ4v) is 3.78. The number of hydrogen-bond acceptors (Lipinski definition) is 5. The summed E-state index contributed by atoms with van der Waals surface area (Å²) >= 11 is 6.24. The van der Waals surface area contributed by atoms with Gasteiger partial charge in [0.2, 0.25) is 0 Å². The molecular weight excluding hydrogens is 326 g/mol. The Kier molecular flexibility index (Phi) is 3.84. The van der Waals surface area contributed by atoms with Gasteiger partial charge in [-0.2, -0.15) is 4.98 Å². The van der Waals surface area contributed by atoms with E-state index in [4.69, 9.17) is 21.1 Å². The van der Waals surface area contributed by atoms with Crippen LogP contribution in [0, 0.1) is 0 Å². The maximum Gasteiger partial charge on any atom is 0.277 e. The van der Waals surface area contributed by atoms with Gasteiger partial charge < -0.3 is 4.52 Å². The third-order valence-corrected chi connectivity index (χ3v) is 5.11. The van der Waals surface area contributed by atoms with E-state index < -0.39 is 0 Å². The van der Waals surface area contributed by atoms with Gasteiger partial charge in [-0.15, -0.1) is 5.10 Å². The normalized spacial score (nSPS) is 17.1. The highest BCUT2D eigenvalue weighted by atomic mass is 35.5. The molecule has 7 heteroatoms. The Balaban J connectivity index is 1.80. The number of rotatable bonds is 3. The molecule has 0 aliphatic heterocycles. The maximum atomic E-state index is 6.24. The topological polar surface area (TPSA) is 69.6 Å². The Labute approximate surface area is 144 Å². The van der Waals surface area contributed by atoms with Crippen molar-refractivity contribution >= 4 is 11.6 Å². The lowest BCUT2D eigenvalue weighted by Crippen LogP contribution is -2.31. The first kappa shape index (κ1) is 15.3. The Morgan fingerprint density at radius 3 is 2.75 bits per heavy atom. The van der Waals surface area contributed by atoms with Gasteiger partial charge in [0.1, 0.15) is 5.69 Å². The van der Waals surface area contributed by atoms with Crippen molar-refractivity contribution in [2.45, 2.75) is 37.5 Å². The van der Waals surface area contributed by atoms with Crippen LogP contribution in [-0.4, -0.2) is 25.1 Å². The van der Waals surface area contributed by atoms with E-state index >= 15 is 0 Å². The van der Waals surface area contributed by atoms with Gasteiger partial charge in [-0.1, -0.05) is 53.4 Å². The number of aromatic nitrogens is 5. The quantitative estimate of drug-likeness (QED) is 0.724. The zero-order valence-electron chi connectivity index (χ0n) is 13.4. The molecule has 2 aromatic heterocycles. The number of hydrogen-bond donors (Lipinski definition) is 0. The van der Waals surface area contributed by atoms with E-state index in [0.29, 0.717) is 11.6 Å². The van der Waals surface area contributed by atoms with Gasteiger partial charge in [0.25, 0.3) is 5.89 Å². The van der Waals surface area contributed by atoms with Crippen LogP contribution in [0.5, 0.6) is 0 Å². The van der Waals surface area contributed by atoms with E-state index in [0.717, 1.165) is 42.1 Å². The smallest absolute Gasteiger partial charge is 0.277 e. The molecule has 1 aliphatic carbocycles. The summed E-state index contributed by atoms with van der Waals surface area (Å²) in [7, 11) is 1.81. The average Bonchev–Trinajstić information content (AvgIpc) is 3.24. The van der Waals surface area contributed by atoms with Crippen molar-refractivity contribution in [3.63, 3.8) is 0 Å². The zero-order valence-corrected chi connectivity index (χ0v) is 14.2. The SMILES string of the molecule is Cn1nncc1-c1nc(C2(c3cccc(Cl)c3)CCCCC2)no1. The van der Waals surface area contributed by atoms with Crippen LogP contribution in [0.4, 0.5) is 0 Å². The van der Waals surface area contributed by atoms with E-state index in [2.05, 4.69) is 21.5 Å². The zero-order chi connectivity index (χ0) is 16.6. The maximum absolute atomic E-state index is 6.24. The molecule has 124 valence electrons. The molecule has 4 rings (SSSR count). The minimum Gasteiger partial charge on any atom is -0.332 e. The molecule has 0 unspecified atom stereocenters. The predicted molar refractivity (Wildman–Crippen MR) is 89.6 cm³/mol. The summed E-state index contributed by atoms with van der Waals surface area (Å²) in [5, 5.41) is 12.8. The summed E-state index contributed by atoms with van der Waals surface area (Å²) in [5.74, 6) is 1.17. The van der Waals surface area contributed by atoms with Crippen molar-refractivity contribution in [3.05, 3.63) is 46.9 Å². The van der Waals surface area contributed by atoms with Crippen LogP contribution in [0.2, 0.25) is 5.02 Å². The largest absolute Gasteiger partial charge is 0.332 e. The molecule has 0 atom stereocenters. The first-order valence-electron chi connectivity index (χ1n) is 8.14. The second-order valence-electron chi connectivity index (χ2n) is 6.32. The molecule has 0 radical (unpaired) electrons. The highest BCUT2D eigenvalue weighted by molar-refractivity contribution is 6.30. The molecule has 3 aromatic rings. The van der Waals surface area contributed by atoms with Crippen LogP contribution in [0.15, 0.2) is 35.0 Å². The first-order valence-corrected chi connectivity index (χ1v) is 8.52. The van der Waals surface area contributed by atoms with Crippen molar-refractivity contribution in [3.8, 4) is 11.6 Å². The first-order chi connectivity index (χ1) is 11.7. The number of nitrogens with zero attached hydrogens (tertiary/aromatic N) is 5. The summed E-state index contributed by atoms with van der Waals surface area (Å²) in [5.41, 5.74) is 1.63. The lowest BCUT2D eigenvalue weighted by atomic mass is 9.69. The molecule has 1 fully saturated rings. The minimum atomic E-state index is -0.239. The minimum absolute atomic E-state index is 0.239. The summed E-state index contributed by atoms with van der Waals surface area (Å²) in [6.07, 6.45) is 7.14. The van der Waals surface area contributed by atoms with E-state index in [9.17, 15) is 0 Å². The van der Waals surface area contributed by atoms with Crippen LogP contribution in [-0.2, 0) is 12.5 Å². The van der Waals surface area contributed by atoms with Crippen molar-refractivity contribution in [1.29, 1.82) is 0 Å². The summed E-state index contributed by atoms with van der Waals surface area (Å²) in [4.78, 5) is 4.69. The Morgan fingerprint density at radius 2 is 2.04 bits per heavy atom. The summed E-state index contributed by atoms with van der Waals surface area (Å²) in [6.45, 7) is 0. The van der Waals surface area contributed by atoms with Crippen LogP contribution in [0.25, 0.3) is 11.6 Å². The third-order valence-electron chi connectivity index (χ3n) is 4.87. The molecule has 0 N–H and O–H groups in total. The van der Waals surface area contributed by atoms with Crippen molar-refractivity contribution in [2.75, 3.05) is 0 Å². The molecule has 0 spiro atoms. The Bertz CT molecular complexity index is 850. The molecule has 0 saturated heterocycles. The lowest BCUT2D eigenvalue weighted by Gasteiger charge is -2.35. The number of halogens is 1. The molecule has 1 aliphatic rings. The van der Waals surface area contributed by atoms with Crippen LogP contribution in [0.1, 0.15) is 43.5 Å². The number of aryl methyl sites for hydroxylation is 1. The van der Waals surface area contributed by atoms with Gasteiger partial charge in [-0.05, 0) is 30.5 Å². The molecule has 1 saturated carbocycles. The summed E-state index contributed by atoms with van der Waals surface area (Å²) < 4.78 is 7.15. The van der Waals surface area contributed by atoms with Crippen molar-refractivity contribution in [1.82, 2.24) is 25.1 Å². The average molecular weight is 344 g/mol. The Hall–Kier alpha value is -2.21. The molecule has 6 nitrogen and oxygen atoms in total. The third kappa shape index (κ3) is 2.51. The lowest BCUT2D eigenvalue weighted by molar-refractivity contribution is 0.313. The fourth-order valence-electron chi connectivity index (χ4n) is 3.59. The monoisotopic (exact) mass is 343 g/mol. The van der Waals surface area contributed by atoms with Crippen LogP contribution >= 0.6 is 11.6 Å². The van der Waals surface area contributed by atoms with Crippen molar-refractivity contribution in [2.24, 2.45) is 7.05 Å². The van der Waals surface area contributed by atoms with E-state index in [1.165, 1.54) is 6.42 Å². The molecular formula is C17H18ClN5O. The number of benzene rings is 1. The van der Waals surface area contributed by atoms with Gasteiger partial charge in [0, 0.05) is 12.1 Å². The molecule has 1 aromatic carbocycles. The second-order valence-corrected chi connectivity index (χ2v) is 6.76. The van der Waals surface area contributed by atoms with E-state index in [-0.39, 0.29) is 5.41 Å². The van der Waals surface area contributed by atoms with Crippen molar-refractivity contribution < 1.29 is 4.52 Å². The second kappa shape index (κ2) is 6.02. The van der Waals surface area contributed by atoms with Gasteiger partial charge >= 0.3 is 0 Å². The predicted octanol–water partition coefficient (Wildman–Crippen LogP) is 3.77. The molecule has 24 heavy (non-hydrogen) atoms. The standard InChI is InChI=1S/C17H18ClN5O/c1-23-14(11-19-22-23)15-20-16(21-24-15)17(8-3-2-4-9-17)12-6-5-7-13(18)10-12/h5-7,10-11H,2-4,8-9H2,1H3. The highest BCUT2D eigenvalue weighted by Crippen LogP contribution is 2.44. The van der Waals surface area contributed by atoms with Crippen LogP contribution in [0.3, 0.4) is 0 Å². The fraction of sp³-hybridized carbons (Fsp3) is 0.412. The Morgan fingerprint density at radius 1 is 1.21 bits per heavy atom. The van der Waals surface area contributed by atoms with Gasteiger partial charge in [0.05, 0.1) is 11.6 Å². The van der Waals surface area contributed by atoms with E-state index in [1.54, 1.807) is 17.9 Å².